The molecular weight excluding hydrogens is 220 g/mol. The molecule has 6 heteroatoms. The molecule has 0 fully saturated rings. The van der Waals surface area contributed by atoms with E-state index in [-0.39, 0.29) is 10.6 Å². The average Bonchev–Trinajstić information content (AvgIpc) is 2.51. The van der Waals surface area contributed by atoms with Gasteiger partial charge in [-0.1, -0.05) is 13.8 Å². The summed E-state index contributed by atoms with van der Waals surface area (Å²) in [5.74, 6) is 0.396. The molecular formula is C11H20N4O2. The summed E-state index contributed by atoms with van der Waals surface area (Å²) in [5.41, 5.74) is 1.26. The van der Waals surface area contributed by atoms with E-state index in [2.05, 4.69) is 24.3 Å². The fourth-order valence-electron chi connectivity index (χ4n) is 1.88. The van der Waals surface area contributed by atoms with Gasteiger partial charge in [0.05, 0.1) is 4.92 Å². The van der Waals surface area contributed by atoms with Crippen molar-refractivity contribution >= 4 is 5.69 Å². The van der Waals surface area contributed by atoms with Crippen molar-refractivity contribution in [2.75, 3.05) is 13.1 Å². The number of nitrogens with zero attached hydrogens (tertiary/aromatic N) is 3. The summed E-state index contributed by atoms with van der Waals surface area (Å²) in [4.78, 5) is 10.5. The molecule has 0 saturated carbocycles. The third-order valence-corrected chi connectivity index (χ3v) is 2.75. The Morgan fingerprint density at radius 1 is 1.53 bits per heavy atom. The lowest BCUT2D eigenvalue weighted by Crippen LogP contribution is -2.24. The van der Waals surface area contributed by atoms with Crippen molar-refractivity contribution in [1.29, 1.82) is 0 Å². The van der Waals surface area contributed by atoms with Crippen LogP contribution in [0.1, 0.15) is 25.2 Å². The van der Waals surface area contributed by atoms with Gasteiger partial charge in [0.25, 0.3) is 0 Å². The smallest absolute Gasteiger partial charge is 0.312 e. The fourth-order valence-corrected chi connectivity index (χ4v) is 1.88. The van der Waals surface area contributed by atoms with Gasteiger partial charge in [0.15, 0.2) is 0 Å². The lowest BCUT2D eigenvalue weighted by atomic mass is 10.2. The highest BCUT2D eigenvalue weighted by Gasteiger charge is 2.22. The van der Waals surface area contributed by atoms with Gasteiger partial charge in [0.2, 0.25) is 0 Å². The number of nitro groups is 1. The van der Waals surface area contributed by atoms with Crippen LogP contribution in [0.2, 0.25) is 0 Å². The SMILES string of the molecule is CCNCC(C)Cn1nc(C)c([N+](=O)[O-])c1C. The van der Waals surface area contributed by atoms with E-state index in [9.17, 15) is 10.1 Å². The Morgan fingerprint density at radius 2 is 2.18 bits per heavy atom. The topological polar surface area (TPSA) is 73.0 Å². The van der Waals surface area contributed by atoms with Gasteiger partial charge in [0, 0.05) is 6.54 Å². The van der Waals surface area contributed by atoms with Crippen LogP contribution in [0.3, 0.4) is 0 Å². The Morgan fingerprint density at radius 3 is 2.65 bits per heavy atom. The maximum atomic E-state index is 10.9. The molecule has 1 aromatic rings. The molecule has 1 rings (SSSR count). The summed E-state index contributed by atoms with van der Waals surface area (Å²) in [6, 6.07) is 0. The van der Waals surface area contributed by atoms with Gasteiger partial charge in [-0.15, -0.1) is 0 Å². The summed E-state index contributed by atoms with van der Waals surface area (Å²) in [6.07, 6.45) is 0. The summed E-state index contributed by atoms with van der Waals surface area (Å²) in [6.45, 7) is 10.1. The predicted octanol–water partition coefficient (Wildman–Crippen LogP) is 1.65. The van der Waals surface area contributed by atoms with E-state index >= 15 is 0 Å². The highest BCUT2D eigenvalue weighted by molar-refractivity contribution is 5.39. The van der Waals surface area contributed by atoms with Gasteiger partial charge in [-0.25, -0.2) is 0 Å². The molecule has 96 valence electrons. The summed E-state index contributed by atoms with van der Waals surface area (Å²) < 4.78 is 1.73. The molecule has 0 aliphatic heterocycles. The van der Waals surface area contributed by atoms with Gasteiger partial charge >= 0.3 is 5.69 Å². The molecule has 6 nitrogen and oxygen atoms in total. The van der Waals surface area contributed by atoms with Crippen LogP contribution >= 0.6 is 0 Å². The van der Waals surface area contributed by atoms with Crippen LogP contribution in [-0.2, 0) is 6.54 Å². The zero-order chi connectivity index (χ0) is 13.0. The summed E-state index contributed by atoms with van der Waals surface area (Å²) in [7, 11) is 0. The third-order valence-electron chi connectivity index (χ3n) is 2.75. The minimum Gasteiger partial charge on any atom is -0.317 e. The molecule has 1 heterocycles. The van der Waals surface area contributed by atoms with Gasteiger partial charge in [-0.05, 0) is 32.9 Å². The largest absolute Gasteiger partial charge is 0.317 e. The van der Waals surface area contributed by atoms with E-state index in [4.69, 9.17) is 0 Å². The van der Waals surface area contributed by atoms with Crippen LogP contribution < -0.4 is 5.32 Å². The average molecular weight is 240 g/mol. The van der Waals surface area contributed by atoms with E-state index in [0.717, 1.165) is 13.1 Å². The van der Waals surface area contributed by atoms with E-state index in [0.29, 0.717) is 23.9 Å². The number of hydrogen-bond acceptors (Lipinski definition) is 4. The van der Waals surface area contributed by atoms with E-state index in [1.165, 1.54) is 0 Å². The molecule has 0 aliphatic rings. The molecule has 0 aromatic carbocycles. The van der Waals surface area contributed by atoms with E-state index in [1.54, 1.807) is 18.5 Å². The van der Waals surface area contributed by atoms with Gasteiger partial charge in [-0.2, -0.15) is 5.10 Å². The van der Waals surface area contributed by atoms with Crippen LogP contribution in [0, 0.1) is 29.9 Å². The number of rotatable bonds is 6. The molecule has 1 atom stereocenters. The predicted molar refractivity (Wildman–Crippen MR) is 66.1 cm³/mol. The summed E-state index contributed by atoms with van der Waals surface area (Å²) >= 11 is 0. The van der Waals surface area contributed by atoms with Crippen molar-refractivity contribution in [2.45, 2.75) is 34.2 Å². The Hall–Kier alpha value is -1.43. The van der Waals surface area contributed by atoms with Gasteiger partial charge in [0.1, 0.15) is 11.4 Å². The summed E-state index contributed by atoms with van der Waals surface area (Å²) in [5, 5.41) is 18.3. The molecule has 1 N–H and O–H groups in total. The molecule has 0 saturated heterocycles. The van der Waals surface area contributed by atoms with Gasteiger partial charge < -0.3 is 5.32 Å². The van der Waals surface area contributed by atoms with E-state index < -0.39 is 0 Å². The maximum Gasteiger partial charge on any atom is 0.312 e. The minimum absolute atomic E-state index is 0.139. The Labute approximate surface area is 101 Å². The first-order valence-electron chi connectivity index (χ1n) is 5.86. The highest BCUT2D eigenvalue weighted by atomic mass is 16.6. The van der Waals surface area contributed by atoms with Crippen LogP contribution in [0.5, 0.6) is 0 Å². The second kappa shape index (κ2) is 5.77. The number of aryl methyl sites for hydroxylation is 1. The minimum atomic E-state index is -0.358. The lowest BCUT2D eigenvalue weighted by molar-refractivity contribution is -0.386. The first-order valence-corrected chi connectivity index (χ1v) is 5.86. The number of nitrogens with one attached hydrogen (secondary N) is 1. The van der Waals surface area contributed by atoms with Crippen molar-refractivity contribution < 1.29 is 4.92 Å². The highest BCUT2D eigenvalue weighted by Crippen LogP contribution is 2.22. The molecule has 0 amide bonds. The van der Waals surface area contributed by atoms with Crippen molar-refractivity contribution in [3.05, 3.63) is 21.5 Å². The zero-order valence-corrected chi connectivity index (χ0v) is 10.9. The monoisotopic (exact) mass is 240 g/mol. The van der Waals surface area contributed by atoms with Crippen LogP contribution in [-0.4, -0.2) is 27.8 Å². The van der Waals surface area contributed by atoms with Crippen molar-refractivity contribution in [3.63, 3.8) is 0 Å². The Kier molecular flexibility index (Phi) is 4.62. The second-order valence-electron chi connectivity index (χ2n) is 4.37. The fraction of sp³-hybridized carbons (Fsp3) is 0.727. The molecule has 0 spiro atoms. The number of hydrogen-bond donors (Lipinski definition) is 1. The molecule has 0 bridgehead atoms. The third kappa shape index (κ3) is 3.26. The Balaban J connectivity index is 2.79. The van der Waals surface area contributed by atoms with Crippen LogP contribution in [0.4, 0.5) is 5.69 Å². The first-order chi connectivity index (χ1) is 7.97. The molecule has 0 radical (unpaired) electrons. The second-order valence-corrected chi connectivity index (χ2v) is 4.37. The van der Waals surface area contributed by atoms with Crippen LogP contribution in [0.25, 0.3) is 0 Å². The van der Waals surface area contributed by atoms with Crippen molar-refractivity contribution in [2.24, 2.45) is 5.92 Å². The molecule has 1 unspecified atom stereocenters. The molecule has 1 aromatic heterocycles. The zero-order valence-electron chi connectivity index (χ0n) is 10.9. The quantitative estimate of drug-likeness (QED) is 0.606. The molecule has 17 heavy (non-hydrogen) atoms. The molecule has 0 aliphatic carbocycles. The van der Waals surface area contributed by atoms with E-state index in [1.807, 2.05) is 0 Å². The van der Waals surface area contributed by atoms with Crippen molar-refractivity contribution in [3.8, 4) is 0 Å². The van der Waals surface area contributed by atoms with Gasteiger partial charge in [-0.3, -0.25) is 14.8 Å². The van der Waals surface area contributed by atoms with Crippen LogP contribution in [0.15, 0.2) is 0 Å². The van der Waals surface area contributed by atoms with Crippen molar-refractivity contribution in [1.82, 2.24) is 15.1 Å². The first kappa shape index (κ1) is 13.6. The lowest BCUT2D eigenvalue weighted by Gasteiger charge is -2.12. The Bertz CT molecular complexity index is 400. The number of aromatic nitrogens is 2. The normalized spacial score (nSPS) is 12.7. The standard InChI is InChI=1S/C11H20N4O2/c1-5-12-6-8(2)7-14-10(4)11(15(16)17)9(3)13-14/h8,12H,5-7H2,1-4H3. The maximum absolute atomic E-state index is 10.9.